The Labute approximate surface area is 61.4 Å². The van der Waals surface area contributed by atoms with Crippen molar-refractivity contribution in [3.8, 4) is 0 Å². The fourth-order valence-electron chi connectivity index (χ4n) is 0.895. The van der Waals surface area contributed by atoms with Crippen LogP contribution in [0.5, 0.6) is 0 Å². The van der Waals surface area contributed by atoms with E-state index in [9.17, 15) is 0 Å². The first-order valence-corrected chi connectivity index (χ1v) is 3.48. The minimum absolute atomic E-state index is 0.0326. The highest BCUT2D eigenvalue weighted by molar-refractivity contribution is 5.64. The van der Waals surface area contributed by atoms with Crippen LogP contribution in [0.25, 0.3) is 0 Å². The Morgan fingerprint density at radius 2 is 2.20 bits per heavy atom. The van der Waals surface area contributed by atoms with Gasteiger partial charge >= 0.3 is 0 Å². The predicted octanol–water partition coefficient (Wildman–Crippen LogP) is 1.25. The maximum Gasteiger partial charge on any atom is 0.0535 e. The molecule has 0 fully saturated rings. The van der Waals surface area contributed by atoms with Gasteiger partial charge in [0.1, 0.15) is 0 Å². The SMILES string of the molecule is CCCC(C)(/C=N/O)CO. The van der Waals surface area contributed by atoms with Crippen LogP contribution in [-0.2, 0) is 0 Å². The highest BCUT2D eigenvalue weighted by Gasteiger charge is 2.19. The Bertz CT molecular complexity index is 114. The zero-order valence-electron chi connectivity index (χ0n) is 6.54. The molecular weight excluding hydrogens is 130 g/mol. The summed E-state index contributed by atoms with van der Waals surface area (Å²) in [6.07, 6.45) is 3.20. The Hall–Kier alpha value is -0.570. The van der Waals surface area contributed by atoms with Gasteiger partial charge in [0.2, 0.25) is 0 Å². The Kier molecular flexibility index (Phi) is 4.03. The number of oxime groups is 1. The molecule has 0 aromatic rings. The van der Waals surface area contributed by atoms with Crippen molar-refractivity contribution in [3.05, 3.63) is 0 Å². The van der Waals surface area contributed by atoms with Crippen molar-refractivity contribution >= 4 is 6.21 Å². The van der Waals surface area contributed by atoms with E-state index in [1.54, 1.807) is 0 Å². The van der Waals surface area contributed by atoms with Gasteiger partial charge in [-0.05, 0) is 6.42 Å². The van der Waals surface area contributed by atoms with Crippen LogP contribution in [0, 0.1) is 5.41 Å². The number of hydrogen-bond acceptors (Lipinski definition) is 3. The van der Waals surface area contributed by atoms with Crippen LogP contribution in [0.3, 0.4) is 0 Å². The summed E-state index contributed by atoms with van der Waals surface area (Å²) in [5, 5.41) is 20.0. The summed E-state index contributed by atoms with van der Waals surface area (Å²) in [7, 11) is 0. The van der Waals surface area contributed by atoms with E-state index in [2.05, 4.69) is 5.16 Å². The van der Waals surface area contributed by atoms with E-state index in [0.717, 1.165) is 12.8 Å². The lowest BCUT2D eigenvalue weighted by Gasteiger charge is -2.19. The second kappa shape index (κ2) is 4.28. The molecule has 0 aliphatic heterocycles. The van der Waals surface area contributed by atoms with E-state index < -0.39 is 0 Å². The molecule has 0 aromatic heterocycles. The van der Waals surface area contributed by atoms with Crippen molar-refractivity contribution in [1.29, 1.82) is 0 Å². The molecule has 0 radical (unpaired) electrons. The molecule has 0 aliphatic carbocycles. The highest BCUT2D eigenvalue weighted by Crippen LogP contribution is 2.19. The standard InChI is InChI=1S/C7H15NO2/c1-3-4-7(2,6-9)5-8-10/h5,9-10H,3-4,6H2,1-2H3/b8-5+. The average molecular weight is 145 g/mol. The topological polar surface area (TPSA) is 52.8 Å². The minimum atomic E-state index is -0.344. The second-order valence-corrected chi connectivity index (χ2v) is 2.81. The molecule has 0 aliphatic rings. The summed E-state index contributed by atoms with van der Waals surface area (Å²) in [5.41, 5.74) is -0.344. The number of aliphatic hydroxyl groups is 1. The van der Waals surface area contributed by atoms with Gasteiger partial charge in [0, 0.05) is 5.41 Å². The third-order valence-corrected chi connectivity index (χ3v) is 1.55. The van der Waals surface area contributed by atoms with Gasteiger partial charge in [-0.15, -0.1) is 5.16 Å². The van der Waals surface area contributed by atoms with Crippen molar-refractivity contribution in [2.75, 3.05) is 6.61 Å². The van der Waals surface area contributed by atoms with Gasteiger partial charge in [-0.3, -0.25) is 0 Å². The van der Waals surface area contributed by atoms with Gasteiger partial charge in [-0.25, -0.2) is 0 Å². The van der Waals surface area contributed by atoms with Gasteiger partial charge in [0.15, 0.2) is 0 Å². The van der Waals surface area contributed by atoms with Crippen LogP contribution in [0.4, 0.5) is 0 Å². The maximum absolute atomic E-state index is 8.85. The first-order chi connectivity index (χ1) is 4.68. The molecule has 0 bridgehead atoms. The lowest BCUT2D eigenvalue weighted by Crippen LogP contribution is -2.22. The first-order valence-electron chi connectivity index (χ1n) is 3.48. The average Bonchev–Trinajstić information content (AvgIpc) is 1.89. The molecule has 0 rings (SSSR count). The predicted molar refractivity (Wildman–Crippen MR) is 40.4 cm³/mol. The quantitative estimate of drug-likeness (QED) is 0.355. The van der Waals surface area contributed by atoms with Crippen LogP contribution in [-0.4, -0.2) is 23.1 Å². The summed E-state index contributed by atoms with van der Waals surface area (Å²) >= 11 is 0. The summed E-state index contributed by atoms with van der Waals surface area (Å²) < 4.78 is 0. The molecule has 0 aromatic carbocycles. The molecular formula is C7H15NO2. The van der Waals surface area contributed by atoms with Crippen LogP contribution < -0.4 is 0 Å². The van der Waals surface area contributed by atoms with Crippen LogP contribution in [0.1, 0.15) is 26.7 Å². The summed E-state index contributed by atoms with van der Waals surface area (Å²) in [6, 6.07) is 0. The van der Waals surface area contributed by atoms with Gasteiger partial charge in [-0.1, -0.05) is 20.3 Å². The van der Waals surface area contributed by atoms with Gasteiger partial charge in [0.05, 0.1) is 12.8 Å². The zero-order chi connectivity index (χ0) is 8.04. The first kappa shape index (κ1) is 9.43. The molecule has 3 heteroatoms. The minimum Gasteiger partial charge on any atom is -0.411 e. The summed E-state index contributed by atoms with van der Waals surface area (Å²) in [5.74, 6) is 0. The van der Waals surface area contributed by atoms with E-state index >= 15 is 0 Å². The number of hydrogen-bond donors (Lipinski definition) is 2. The van der Waals surface area contributed by atoms with E-state index in [-0.39, 0.29) is 12.0 Å². The smallest absolute Gasteiger partial charge is 0.0535 e. The number of rotatable bonds is 4. The van der Waals surface area contributed by atoms with Gasteiger partial charge in [-0.2, -0.15) is 0 Å². The fourth-order valence-corrected chi connectivity index (χ4v) is 0.895. The molecule has 1 unspecified atom stereocenters. The molecule has 10 heavy (non-hydrogen) atoms. The van der Waals surface area contributed by atoms with Gasteiger partial charge < -0.3 is 10.3 Å². The third kappa shape index (κ3) is 2.82. The van der Waals surface area contributed by atoms with Crippen LogP contribution >= 0.6 is 0 Å². The van der Waals surface area contributed by atoms with Crippen LogP contribution in [0.15, 0.2) is 5.16 Å². The molecule has 0 amide bonds. The molecule has 0 heterocycles. The van der Waals surface area contributed by atoms with E-state index in [1.807, 2.05) is 13.8 Å². The van der Waals surface area contributed by atoms with Crippen LogP contribution in [0.2, 0.25) is 0 Å². The molecule has 0 spiro atoms. The lowest BCUT2D eigenvalue weighted by atomic mass is 9.88. The lowest BCUT2D eigenvalue weighted by molar-refractivity contribution is 0.188. The molecule has 60 valence electrons. The summed E-state index contributed by atoms with van der Waals surface area (Å²) in [6.45, 7) is 3.92. The summed E-state index contributed by atoms with van der Waals surface area (Å²) in [4.78, 5) is 0. The highest BCUT2D eigenvalue weighted by atomic mass is 16.4. The molecule has 2 N–H and O–H groups in total. The van der Waals surface area contributed by atoms with E-state index in [4.69, 9.17) is 10.3 Å². The van der Waals surface area contributed by atoms with Crippen molar-refractivity contribution < 1.29 is 10.3 Å². The Morgan fingerprint density at radius 1 is 1.60 bits per heavy atom. The second-order valence-electron chi connectivity index (χ2n) is 2.81. The zero-order valence-corrected chi connectivity index (χ0v) is 6.54. The molecule has 0 saturated carbocycles. The molecule has 1 atom stereocenters. The largest absolute Gasteiger partial charge is 0.411 e. The Balaban J connectivity index is 3.94. The van der Waals surface area contributed by atoms with Crippen molar-refractivity contribution in [3.63, 3.8) is 0 Å². The number of nitrogens with zero attached hydrogens (tertiary/aromatic N) is 1. The monoisotopic (exact) mass is 145 g/mol. The third-order valence-electron chi connectivity index (χ3n) is 1.55. The Morgan fingerprint density at radius 3 is 2.50 bits per heavy atom. The normalized spacial score (nSPS) is 17.5. The van der Waals surface area contributed by atoms with Crippen molar-refractivity contribution in [2.24, 2.45) is 10.6 Å². The molecule has 3 nitrogen and oxygen atoms in total. The van der Waals surface area contributed by atoms with Gasteiger partial charge in [0.25, 0.3) is 0 Å². The van der Waals surface area contributed by atoms with E-state index in [1.165, 1.54) is 6.21 Å². The number of aliphatic hydroxyl groups excluding tert-OH is 1. The maximum atomic E-state index is 8.85. The van der Waals surface area contributed by atoms with E-state index in [0.29, 0.717) is 0 Å². The fraction of sp³-hybridized carbons (Fsp3) is 0.857. The molecule has 0 saturated heterocycles. The van der Waals surface area contributed by atoms with Crippen molar-refractivity contribution in [1.82, 2.24) is 0 Å². The van der Waals surface area contributed by atoms with Crippen molar-refractivity contribution in [2.45, 2.75) is 26.7 Å².